The Morgan fingerprint density at radius 2 is 1.89 bits per heavy atom. The minimum Gasteiger partial charge on any atom is -0.494 e. The molecule has 1 saturated heterocycles. The van der Waals surface area contributed by atoms with Crippen LogP contribution >= 0.6 is 0 Å². The third-order valence-electron chi connectivity index (χ3n) is 6.16. The summed E-state index contributed by atoms with van der Waals surface area (Å²) in [5.41, 5.74) is 2.45. The highest BCUT2D eigenvalue weighted by Gasteiger charge is 2.15. The van der Waals surface area contributed by atoms with E-state index in [1.807, 2.05) is 10.9 Å². The van der Waals surface area contributed by atoms with Crippen LogP contribution < -0.4 is 15.4 Å². The summed E-state index contributed by atoms with van der Waals surface area (Å²) in [5, 5.41) is 10.1. The second-order valence-corrected chi connectivity index (χ2v) is 8.67. The second kappa shape index (κ2) is 11.7. The normalized spacial score (nSPS) is 13.7. The molecule has 9 nitrogen and oxygen atoms in total. The van der Waals surface area contributed by atoms with Crippen molar-refractivity contribution in [2.75, 3.05) is 39.1 Å². The number of carbonyl (C=O) groups excluding carboxylic acids is 1. The fourth-order valence-electron chi connectivity index (χ4n) is 4.23. The molecule has 0 saturated carbocycles. The van der Waals surface area contributed by atoms with Gasteiger partial charge >= 0.3 is 0 Å². The summed E-state index contributed by atoms with van der Waals surface area (Å²) in [5.74, 6) is -0.233. The Balaban J connectivity index is 1.30. The molecule has 3 aromatic rings. The van der Waals surface area contributed by atoms with Crippen molar-refractivity contribution in [2.24, 2.45) is 0 Å². The standard InChI is InChI=1S/C25H32FN7O2/c1-27-24(34)20-12-19(23(26)22(13-20)35-2)7-6-18-14-28-25(29-15-18)31-21-16-30-33(17-21)11-5-10-32-8-3-4-9-32/h12-17H,3-11H2,1-2H3,(H,27,34)(H,28,29,31). The number of nitrogens with zero attached hydrogens (tertiary/aromatic N) is 5. The Hall–Kier alpha value is -3.53. The van der Waals surface area contributed by atoms with E-state index in [-0.39, 0.29) is 11.7 Å². The molecule has 2 N–H and O–H groups in total. The summed E-state index contributed by atoms with van der Waals surface area (Å²) in [6.07, 6.45) is 11.8. The topological polar surface area (TPSA) is 97.2 Å². The number of ether oxygens (including phenoxy) is 1. The van der Waals surface area contributed by atoms with Crippen molar-refractivity contribution in [1.29, 1.82) is 0 Å². The fraction of sp³-hybridized carbons (Fsp3) is 0.440. The van der Waals surface area contributed by atoms with Crippen LogP contribution in [0.25, 0.3) is 0 Å². The van der Waals surface area contributed by atoms with E-state index in [0.29, 0.717) is 29.9 Å². The SMILES string of the molecule is CNC(=O)c1cc(CCc2cnc(Nc3cnn(CCCN4CCCC4)c3)nc2)c(F)c(OC)c1. The van der Waals surface area contributed by atoms with Gasteiger partial charge in [-0.1, -0.05) is 0 Å². The zero-order valence-corrected chi connectivity index (χ0v) is 20.3. The molecule has 35 heavy (non-hydrogen) atoms. The van der Waals surface area contributed by atoms with Gasteiger partial charge in [0.25, 0.3) is 5.91 Å². The number of nitrogens with one attached hydrogen (secondary N) is 2. The van der Waals surface area contributed by atoms with Crippen molar-refractivity contribution in [3.63, 3.8) is 0 Å². The van der Waals surface area contributed by atoms with Crippen molar-refractivity contribution in [3.8, 4) is 5.75 Å². The second-order valence-electron chi connectivity index (χ2n) is 8.67. The molecule has 0 bridgehead atoms. The number of halogens is 1. The minimum absolute atomic E-state index is 0.0495. The van der Waals surface area contributed by atoms with Crippen molar-refractivity contribution < 1.29 is 13.9 Å². The van der Waals surface area contributed by atoms with Crippen LogP contribution in [-0.2, 0) is 19.4 Å². The van der Waals surface area contributed by atoms with Crippen LogP contribution in [0.3, 0.4) is 0 Å². The minimum atomic E-state index is -0.461. The number of hydrogen-bond donors (Lipinski definition) is 2. The van der Waals surface area contributed by atoms with Crippen LogP contribution in [0.2, 0.25) is 0 Å². The van der Waals surface area contributed by atoms with E-state index < -0.39 is 5.82 Å². The summed E-state index contributed by atoms with van der Waals surface area (Å²) >= 11 is 0. The maximum atomic E-state index is 14.7. The van der Waals surface area contributed by atoms with Crippen LogP contribution in [0.5, 0.6) is 5.75 Å². The van der Waals surface area contributed by atoms with Gasteiger partial charge in [0.05, 0.1) is 19.0 Å². The zero-order chi connectivity index (χ0) is 24.6. The average molecular weight is 482 g/mol. The highest BCUT2D eigenvalue weighted by Crippen LogP contribution is 2.24. The van der Waals surface area contributed by atoms with Gasteiger partial charge < -0.3 is 20.3 Å². The van der Waals surface area contributed by atoms with Gasteiger partial charge in [0, 0.05) is 37.7 Å². The lowest BCUT2D eigenvalue weighted by atomic mass is 10.0. The predicted molar refractivity (Wildman–Crippen MR) is 132 cm³/mol. The Labute approximate surface area is 204 Å². The molecule has 0 spiro atoms. The quantitative estimate of drug-likeness (QED) is 0.434. The van der Waals surface area contributed by atoms with Crippen molar-refractivity contribution in [3.05, 3.63) is 59.4 Å². The molecule has 3 heterocycles. The number of benzene rings is 1. The molecular weight excluding hydrogens is 449 g/mol. The van der Waals surface area contributed by atoms with Gasteiger partial charge in [0.2, 0.25) is 5.95 Å². The summed E-state index contributed by atoms with van der Waals surface area (Å²) in [6.45, 7) is 4.41. The summed E-state index contributed by atoms with van der Waals surface area (Å²) in [7, 11) is 2.92. The molecule has 1 aliphatic rings. The molecule has 4 rings (SSSR count). The van der Waals surface area contributed by atoms with E-state index in [4.69, 9.17) is 4.74 Å². The van der Waals surface area contributed by atoms with E-state index >= 15 is 0 Å². The van der Waals surface area contributed by atoms with Crippen LogP contribution in [0.4, 0.5) is 16.0 Å². The molecule has 0 atom stereocenters. The number of hydrogen-bond acceptors (Lipinski definition) is 7. The molecule has 1 amide bonds. The molecule has 0 radical (unpaired) electrons. The van der Waals surface area contributed by atoms with Gasteiger partial charge in [0.1, 0.15) is 0 Å². The number of amides is 1. The zero-order valence-electron chi connectivity index (χ0n) is 20.3. The van der Waals surface area contributed by atoms with Gasteiger partial charge in [-0.15, -0.1) is 0 Å². The molecule has 1 aliphatic heterocycles. The van der Waals surface area contributed by atoms with Crippen LogP contribution in [0.15, 0.2) is 36.9 Å². The van der Waals surface area contributed by atoms with Crippen molar-refractivity contribution >= 4 is 17.5 Å². The van der Waals surface area contributed by atoms with Crippen LogP contribution in [0.1, 0.15) is 40.7 Å². The number of rotatable bonds is 11. The third kappa shape index (κ3) is 6.54. The number of methoxy groups -OCH3 is 1. The highest BCUT2D eigenvalue weighted by molar-refractivity contribution is 5.94. The first kappa shape index (κ1) is 24.6. The first-order chi connectivity index (χ1) is 17.1. The van der Waals surface area contributed by atoms with Gasteiger partial charge in [0.15, 0.2) is 11.6 Å². The van der Waals surface area contributed by atoms with Gasteiger partial charge in [-0.05, 0) is 75.0 Å². The lowest BCUT2D eigenvalue weighted by Gasteiger charge is -2.13. The Kier molecular flexibility index (Phi) is 8.25. The lowest BCUT2D eigenvalue weighted by molar-refractivity contribution is 0.0962. The molecule has 0 aliphatic carbocycles. The molecule has 2 aromatic heterocycles. The predicted octanol–water partition coefficient (Wildman–Crippen LogP) is 3.20. The molecule has 1 aromatic carbocycles. The average Bonchev–Trinajstić information content (AvgIpc) is 3.56. The number of aromatic nitrogens is 4. The Morgan fingerprint density at radius 1 is 1.11 bits per heavy atom. The summed E-state index contributed by atoms with van der Waals surface area (Å²) < 4.78 is 21.7. The van der Waals surface area contributed by atoms with Crippen LogP contribution in [-0.4, -0.2) is 64.3 Å². The van der Waals surface area contributed by atoms with E-state index in [1.165, 1.54) is 46.2 Å². The number of likely N-dealkylation sites (tertiary alicyclic amines) is 1. The molecule has 1 fully saturated rings. The largest absolute Gasteiger partial charge is 0.494 e. The van der Waals surface area contributed by atoms with E-state index in [9.17, 15) is 9.18 Å². The van der Waals surface area contributed by atoms with E-state index in [1.54, 1.807) is 24.7 Å². The van der Waals surface area contributed by atoms with E-state index in [2.05, 4.69) is 30.6 Å². The van der Waals surface area contributed by atoms with Crippen molar-refractivity contribution in [2.45, 2.75) is 38.6 Å². The molecule has 0 unspecified atom stereocenters. The van der Waals surface area contributed by atoms with Gasteiger partial charge in [-0.3, -0.25) is 9.48 Å². The lowest BCUT2D eigenvalue weighted by Crippen LogP contribution is -2.21. The number of anilines is 2. The third-order valence-corrected chi connectivity index (χ3v) is 6.16. The molecule has 186 valence electrons. The monoisotopic (exact) mass is 481 g/mol. The van der Waals surface area contributed by atoms with Gasteiger partial charge in [-0.25, -0.2) is 14.4 Å². The summed E-state index contributed by atoms with van der Waals surface area (Å²) in [4.78, 5) is 23.2. The first-order valence-electron chi connectivity index (χ1n) is 12.0. The smallest absolute Gasteiger partial charge is 0.251 e. The van der Waals surface area contributed by atoms with Gasteiger partial charge in [-0.2, -0.15) is 5.10 Å². The molecule has 10 heteroatoms. The Bertz CT molecular complexity index is 1130. The maximum absolute atomic E-state index is 14.7. The molecular formula is C25H32FN7O2. The Morgan fingerprint density at radius 3 is 2.60 bits per heavy atom. The number of aryl methyl sites for hydroxylation is 3. The van der Waals surface area contributed by atoms with Crippen LogP contribution in [0, 0.1) is 5.82 Å². The van der Waals surface area contributed by atoms with Crippen molar-refractivity contribution in [1.82, 2.24) is 30.0 Å². The first-order valence-corrected chi connectivity index (χ1v) is 12.0. The van der Waals surface area contributed by atoms with E-state index in [0.717, 1.165) is 30.8 Å². The highest BCUT2D eigenvalue weighted by atomic mass is 19.1. The summed E-state index contributed by atoms with van der Waals surface area (Å²) in [6, 6.07) is 2.95. The maximum Gasteiger partial charge on any atom is 0.251 e. The fourth-order valence-corrected chi connectivity index (χ4v) is 4.23. The number of carbonyl (C=O) groups is 1.